The van der Waals surface area contributed by atoms with Crippen molar-refractivity contribution in [2.45, 2.75) is 84.0 Å². The summed E-state index contributed by atoms with van der Waals surface area (Å²) in [4.78, 5) is 0. The van der Waals surface area contributed by atoms with E-state index < -0.39 is 0 Å². The molecule has 1 heteroatoms. The van der Waals surface area contributed by atoms with Crippen LogP contribution in [0.2, 0.25) is 0 Å². The van der Waals surface area contributed by atoms with Gasteiger partial charge in [0.15, 0.2) is 0 Å². The average Bonchev–Trinajstić information content (AvgIpc) is 2.81. The van der Waals surface area contributed by atoms with Gasteiger partial charge in [-0.25, -0.2) is 0 Å². The topological polar surface area (TPSA) is 9.23 Å². The smallest absolute Gasteiger partial charge is 0.119 e. The van der Waals surface area contributed by atoms with Gasteiger partial charge in [0, 0.05) is 0 Å². The molecule has 0 bridgehead atoms. The maximum absolute atomic E-state index is 5.97. The van der Waals surface area contributed by atoms with Crippen molar-refractivity contribution in [3.05, 3.63) is 76.9 Å². The van der Waals surface area contributed by atoms with Crippen LogP contribution in [0.15, 0.2) is 54.6 Å². The van der Waals surface area contributed by atoms with E-state index in [0.717, 1.165) is 31.6 Å². The number of fused-ring (bicyclic) bond motifs is 2. The second-order valence-corrected chi connectivity index (χ2v) is 9.32. The molecule has 31 heavy (non-hydrogen) atoms. The Kier molecular flexibility index (Phi) is 7.67. The Morgan fingerprint density at radius 3 is 2.45 bits per heavy atom. The Hall–Kier alpha value is -2.28. The summed E-state index contributed by atoms with van der Waals surface area (Å²) < 4.78 is 5.97. The minimum absolute atomic E-state index is 0.623. The van der Waals surface area contributed by atoms with Gasteiger partial charge in [0.25, 0.3) is 0 Å². The molecule has 1 aliphatic carbocycles. The van der Waals surface area contributed by atoms with Crippen LogP contribution >= 0.6 is 0 Å². The van der Waals surface area contributed by atoms with Gasteiger partial charge in [-0.2, -0.15) is 0 Å². The number of rotatable bonds is 10. The van der Waals surface area contributed by atoms with Gasteiger partial charge in [0.05, 0.1) is 6.61 Å². The van der Waals surface area contributed by atoms with E-state index in [9.17, 15) is 0 Å². The van der Waals surface area contributed by atoms with Gasteiger partial charge in [-0.1, -0.05) is 82.0 Å². The lowest BCUT2D eigenvalue weighted by Crippen LogP contribution is -2.13. The SMILES string of the molecule is CCCCCOc1ccc2c(c1)CCC(c1ccc3cc(CCCCC)ccc3c1)C2. The van der Waals surface area contributed by atoms with Gasteiger partial charge in [-0.15, -0.1) is 0 Å². The zero-order valence-electron chi connectivity index (χ0n) is 19.5. The highest BCUT2D eigenvalue weighted by Crippen LogP contribution is 2.35. The minimum atomic E-state index is 0.623. The predicted molar refractivity (Wildman–Crippen MR) is 133 cm³/mol. The van der Waals surface area contributed by atoms with E-state index in [0.29, 0.717) is 5.92 Å². The van der Waals surface area contributed by atoms with Crippen molar-refractivity contribution in [1.82, 2.24) is 0 Å². The van der Waals surface area contributed by atoms with E-state index in [2.05, 4.69) is 68.4 Å². The number of aryl methyl sites for hydroxylation is 2. The lowest BCUT2D eigenvalue weighted by atomic mass is 9.79. The van der Waals surface area contributed by atoms with Crippen molar-refractivity contribution in [2.75, 3.05) is 6.61 Å². The molecule has 3 aromatic carbocycles. The Morgan fingerprint density at radius 1 is 0.774 bits per heavy atom. The summed E-state index contributed by atoms with van der Waals surface area (Å²) in [5, 5.41) is 2.78. The first kappa shape index (κ1) is 21.9. The van der Waals surface area contributed by atoms with E-state index in [4.69, 9.17) is 4.74 Å². The van der Waals surface area contributed by atoms with Crippen LogP contribution in [0.5, 0.6) is 5.75 Å². The molecule has 0 heterocycles. The molecule has 0 spiro atoms. The van der Waals surface area contributed by atoms with Gasteiger partial charge in [-0.3, -0.25) is 0 Å². The summed E-state index contributed by atoms with van der Waals surface area (Å²) in [7, 11) is 0. The number of hydrogen-bond acceptors (Lipinski definition) is 1. The van der Waals surface area contributed by atoms with Crippen molar-refractivity contribution in [2.24, 2.45) is 0 Å². The van der Waals surface area contributed by atoms with Crippen molar-refractivity contribution in [3.8, 4) is 5.75 Å². The largest absolute Gasteiger partial charge is 0.494 e. The highest BCUT2D eigenvalue weighted by molar-refractivity contribution is 5.84. The molecule has 0 fully saturated rings. The Balaban J connectivity index is 1.42. The van der Waals surface area contributed by atoms with Crippen molar-refractivity contribution >= 4 is 10.8 Å². The zero-order chi connectivity index (χ0) is 21.5. The fraction of sp³-hybridized carbons (Fsp3) is 0.467. The van der Waals surface area contributed by atoms with Crippen LogP contribution in [0.25, 0.3) is 10.8 Å². The first-order valence-corrected chi connectivity index (χ1v) is 12.5. The summed E-state index contributed by atoms with van der Waals surface area (Å²) in [6, 6.07) is 21.0. The van der Waals surface area contributed by atoms with E-state index in [-0.39, 0.29) is 0 Å². The molecular weight excluding hydrogens is 376 g/mol. The van der Waals surface area contributed by atoms with Gasteiger partial charge in [0.2, 0.25) is 0 Å². The summed E-state index contributed by atoms with van der Waals surface area (Å²) in [6.07, 6.45) is 12.3. The fourth-order valence-corrected chi connectivity index (χ4v) is 4.95. The molecule has 4 rings (SSSR count). The summed E-state index contributed by atoms with van der Waals surface area (Å²) in [6.45, 7) is 5.34. The average molecular weight is 415 g/mol. The Bertz CT molecular complexity index is 987. The molecule has 1 unspecified atom stereocenters. The molecule has 0 N–H and O–H groups in total. The van der Waals surface area contributed by atoms with Crippen molar-refractivity contribution in [1.29, 1.82) is 0 Å². The quantitative estimate of drug-likeness (QED) is 0.303. The molecule has 1 aliphatic rings. The highest BCUT2D eigenvalue weighted by Gasteiger charge is 2.21. The maximum atomic E-state index is 5.97. The monoisotopic (exact) mass is 414 g/mol. The second kappa shape index (κ2) is 10.8. The molecule has 0 aliphatic heterocycles. The number of ether oxygens (including phenoxy) is 1. The molecule has 0 radical (unpaired) electrons. The van der Waals surface area contributed by atoms with Crippen LogP contribution in [0.3, 0.4) is 0 Å². The van der Waals surface area contributed by atoms with Crippen LogP contribution in [-0.2, 0) is 19.3 Å². The Labute approximate surface area is 188 Å². The number of benzene rings is 3. The van der Waals surface area contributed by atoms with Crippen LogP contribution in [0.1, 0.15) is 87.0 Å². The molecular formula is C30H38O. The fourth-order valence-electron chi connectivity index (χ4n) is 4.95. The molecule has 164 valence electrons. The molecule has 0 saturated heterocycles. The van der Waals surface area contributed by atoms with Crippen LogP contribution < -0.4 is 4.74 Å². The van der Waals surface area contributed by atoms with Crippen LogP contribution in [0, 0.1) is 0 Å². The van der Waals surface area contributed by atoms with E-state index in [1.54, 1.807) is 0 Å². The summed E-state index contributed by atoms with van der Waals surface area (Å²) in [5.41, 5.74) is 5.97. The van der Waals surface area contributed by atoms with E-state index in [1.807, 2.05) is 0 Å². The molecule has 1 nitrogen and oxygen atoms in total. The third-order valence-electron chi connectivity index (χ3n) is 6.89. The first-order valence-electron chi connectivity index (χ1n) is 12.5. The van der Waals surface area contributed by atoms with Crippen molar-refractivity contribution in [3.63, 3.8) is 0 Å². The number of unbranched alkanes of at least 4 members (excludes halogenated alkanes) is 4. The highest BCUT2D eigenvalue weighted by atomic mass is 16.5. The Morgan fingerprint density at radius 2 is 1.58 bits per heavy atom. The lowest BCUT2D eigenvalue weighted by Gasteiger charge is -2.26. The first-order chi connectivity index (χ1) is 15.3. The third kappa shape index (κ3) is 5.70. The zero-order valence-corrected chi connectivity index (χ0v) is 19.5. The maximum Gasteiger partial charge on any atom is 0.119 e. The van der Waals surface area contributed by atoms with Crippen LogP contribution in [0.4, 0.5) is 0 Å². The van der Waals surface area contributed by atoms with E-state index in [1.165, 1.54) is 78.0 Å². The van der Waals surface area contributed by atoms with Gasteiger partial charge < -0.3 is 4.74 Å². The molecule has 0 aromatic heterocycles. The van der Waals surface area contributed by atoms with Gasteiger partial charge in [0.1, 0.15) is 5.75 Å². The van der Waals surface area contributed by atoms with E-state index >= 15 is 0 Å². The minimum Gasteiger partial charge on any atom is -0.494 e. The summed E-state index contributed by atoms with van der Waals surface area (Å²) in [5.74, 6) is 1.67. The molecule has 3 aromatic rings. The lowest BCUT2D eigenvalue weighted by molar-refractivity contribution is 0.305. The van der Waals surface area contributed by atoms with Crippen LogP contribution in [-0.4, -0.2) is 6.61 Å². The van der Waals surface area contributed by atoms with Gasteiger partial charge >= 0.3 is 0 Å². The normalized spacial score (nSPS) is 15.7. The molecule has 0 saturated carbocycles. The number of hydrogen-bond donors (Lipinski definition) is 0. The predicted octanol–water partition coefficient (Wildman–Crippen LogP) is 8.41. The second-order valence-electron chi connectivity index (χ2n) is 9.32. The molecule has 1 atom stereocenters. The van der Waals surface area contributed by atoms with Crippen molar-refractivity contribution < 1.29 is 4.74 Å². The third-order valence-corrected chi connectivity index (χ3v) is 6.89. The molecule has 0 amide bonds. The van der Waals surface area contributed by atoms with Gasteiger partial charge in [-0.05, 0) is 89.6 Å². The standard InChI is InChI=1S/C30H38O/c1-3-5-7-9-23-10-11-25-20-26(13-12-24(25)19-23)27-14-15-29-22-30(17-16-28(29)21-27)31-18-8-6-4-2/h10-13,16-17,19-20,22,27H,3-9,14-15,18,21H2,1-2H3. The summed E-state index contributed by atoms with van der Waals surface area (Å²) >= 11 is 0.